The third-order valence-corrected chi connectivity index (χ3v) is 5.59. The van der Waals surface area contributed by atoms with Crippen LogP contribution < -0.4 is 4.74 Å². The van der Waals surface area contributed by atoms with Gasteiger partial charge in [-0.3, -0.25) is 4.79 Å². The van der Waals surface area contributed by atoms with Gasteiger partial charge in [-0.25, -0.2) is 8.42 Å². The Bertz CT molecular complexity index is 1000. The fourth-order valence-corrected chi connectivity index (χ4v) is 3.63. The van der Waals surface area contributed by atoms with E-state index in [-0.39, 0.29) is 23.8 Å². The van der Waals surface area contributed by atoms with E-state index in [9.17, 15) is 26.4 Å². The molecule has 0 bridgehead atoms. The zero-order chi connectivity index (χ0) is 21.2. The number of sulfone groups is 1. The molecule has 0 spiro atoms. The predicted molar refractivity (Wildman–Crippen MR) is 101 cm³/mol. The first-order valence-electron chi connectivity index (χ1n) is 8.94. The van der Waals surface area contributed by atoms with E-state index in [1.807, 2.05) is 6.07 Å². The molecule has 0 N–H and O–H groups in total. The summed E-state index contributed by atoms with van der Waals surface area (Å²) in [7, 11) is -3.21. The largest absolute Gasteiger partial charge is 0.457 e. The SMILES string of the molecule is CS(=O)(=O)CCC(=O)N1CCc2ccc(Oc3ccc(C(F)(F)F)cc3)cc2C1. The lowest BCUT2D eigenvalue weighted by atomic mass is 9.99. The van der Waals surface area contributed by atoms with Crippen LogP contribution in [-0.4, -0.2) is 37.8 Å². The molecular weight excluding hydrogens is 407 g/mol. The number of hydrogen-bond acceptors (Lipinski definition) is 4. The van der Waals surface area contributed by atoms with Crippen LogP contribution in [0.4, 0.5) is 13.2 Å². The number of rotatable bonds is 5. The highest BCUT2D eigenvalue weighted by molar-refractivity contribution is 7.90. The molecule has 1 aliphatic heterocycles. The Balaban J connectivity index is 1.68. The molecule has 29 heavy (non-hydrogen) atoms. The highest BCUT2D eigenvalue weighted by Crippen LogP contribution is 2.32. The fraction of sp³-hybridized carbons (Fsp3) is 0.350. The standard InChI is InChI=1S/C20H20F3NO4S/c1-29(26,27)11-9-19(25)24-10-8-14-2-5-18(12-15(14)13-24)28-17-6-3-16(4-7-17)20(21,22)23/h2-7,12H,8-11,13H2,1H3. The van der Waals surface area contributed by atoms with Crippen LogP contribution in [0.5, 0.6) is 11.5 Å². The van der Waals surface area contributed by atoms with Gasteiger partial charge in [0.05, 0.1) is 11.3 Å². The summed E-state index contributed by atoms with van der Waals surface area (Å²) in [4.78, 5) is 13.9. The number of nitrogens with zero attached hydrogens (tertiary/aromatic N) is 1. The van der Waals surface area contributed by atoms with Gasteiger partial charge in [0.15, 0.2) is 0 Å². The molecule has 1 amide bonds. The van der Waals surface area contributed by atoms with Gasteiger partial charge in [-0.05, 0) is 53.9 Å². The number of carbonyl (C=O) groups is 1. The highest BCUT2D eigenvalue weighted by Gasteiger charge is 2.30. The molecule has 5 nitrogen and oxygen atoms in total. The van der Waals surface area contributed by atoms with E-state index in [2.05, 4.69) is 0 Å². The number of halogens is 3. The first-order valence-corrected chi connectivity index (χ1v) is 11.0. The molecule has 3 rings (SSSR count). The van der Waals surface area contributed by atoms with Crippen molar-refractivity contribution in [1.82, 2.24) is 4.90 Å². The molecule has 0 unspecified atom stereocenters. The summed E-state index contributed by atoms with van der Waals surface area (Å²) in [6.45, 7) is 0.844. The van der Waals surface area contributed by atoms with Crippen molar-refractivity contribution in [3.05, 3.63) is 59.2 Å². The maximum atomic E-state index is 12.7. The van der Waals surface area contributed by atoms with E-state index in [4.69, 9.17) is 4.74 Å². The molecule has 1 heterocycles. The van der Waals surface area contributed by atoms with E-state index in [1.54, 1.807) is 17.0 Å². The van der Waals surface area contributed by atoms with Crippen LogP contribution in [-0.2, 0) is 33.8 Å². The second-order valence-corrected chi connectivity index (χ2v) is 9.26. The number of benzene rings is 2. The molecule has 0 saturated heterocycles. The smallest absolute Gasteiger partial charge is 0.416 e. The number of carbonyl (C=O) groups excluding carboxylic acids is 1. The monoisotopic (exact) mass is 427 g/mol. The van der Waals surface area contributed by atoms with Gasteiger partial charge in [0.1, 0.15) is 21.3 Å². The number of alkyl halides is 3. The van der Waals surface area contributed by atoms with Crippen molar-refractivity contribution >= 4 is 15.7 Å². The molecule has 0 radical (unpaired) electrons. The fourth-order valence-electron chi connectivity index (χ4n) is 3.09. The van der Waals surface area contributed by atoms with Gasteiger partial charge in [0, 0.05) is 25.8 Å². The third-order valence-electron chi connectivity index (χ3n) is 4.65. The Morgan fingerprint density at radius 3 is 2.34 bits per heavy atom. The molecule has 0 atom stereocenters. The van der Waals surface area contributed by atoms with Crippen molar-refractivity contribution in [3.8, 4) is 11.5 Å². The van der Waals surface area contributed by atoms with Crippen LogP contribution in [0.2, 0.25) is 0 Å². The zero-order valence-corrected chi connectivity index (χ0v) is 16.5. The average Bonchev–Trinajstić information content (AvgIpc) is 2.64. The minimum Gasteiger partial charge on any atom is -0.457 e. The molecule has 9 heteroatoms. The van der Waals surface area contributed by atoms with Gasteiger partial charge in [-0.15, -0.1) is 0 Å². The van der Waals surface area contributed by atoms with Crippen molar-refractivity contribution in [1.29, 1.82) is 0 Å². The van der Waals surface area contributed by atoms with E-state index in [0.29, 0.717) is 25.3 Å². The van der Waals surface area contributed by atoms with Crippen molar-refractivity contribution in [3.63, 3.8) is 0 Å². The molecule has 0 fully saturated rings. The van der Waals surface area contributed by atoms with E-state index >= 15 is 0 Å². The van der Waals surface area contributed by atoms with Crippen LogP contribution in [0.25, 0.3) is 0 Å². The molecule has 0 aromatic heterocycles. The minimum atomic E-state index is -4.41. The second kappa shape index (κ2) is 8.06. The Labute approximate surface area is 167 Å². The van der Waals surface area contributed by atoms with Crippen molar-refractivity contribution in [2.24, 2.45) is 0 Å². The van der Waals surface area contributed by atoms with Crippen molar-refractivity contribution in [2.75, 3.05) is 18.6 Å². The van der Waals surface area contributed by atoms with Gasteiger partial charge in [0.2, 0.25) is 5.91 Å². The summed E-state index contributed by atoms with van der Waals surface area (Å²) in [5.74, 6) is 0.311. The summed E-state index contributed by atoms with van der Waals surface area (Å²) < 4.78 is 66.1. The van der Waals surface area contributed by atoms with Crippen LogP contribution in [0.1, 0.15) is 23.1 Å². The Morgan fingerprint density at radius 1 is 1.07 bits per heavy atom. The van der Waals surface area contributed by atoms with Gasteiger partial charge in [-0.2, -0.15) is 13.2 Å². The average molecular weight is 427 g/mol. The number of fused-ring (bicyclic) bond motifs is 1. The van der Waals surface area contributed by atoms with Crippen LogP contribution >= 0.6 is 0 Å². The highest BCUT2D eigenvalue weighted by atomic mass is 32.2. The summed E-state index contributed by atoms with van der Waals surface area (Å²) in [5.41, 5.74) is 1.17. The lowest BCUT2D eigenvalue weighted by molar-refractivity contribution is -0.137. The first-order chi connectivity index (χ1) is 13.5. The summed E-state index contributed by atoms with van der Waals surface area (Å²) in [6.07, 6.45) is -2.73. The number of amides is 1. The van der Waals surface area contributed by atoms with Crippen molar-refractivity contribution in [2.45, 2.75) is 25.6 Å². The summed E-state index contributed by atoms with van der Waals surface area (Å²) in [5, 5.41) is 0. The Hall–Kier alpha value is -2.55. The maximum Gasteiger partial charge on any atom is 0.416 e. The Morgan fingerprint density at radius 2 is 1.72 bits per heavy atom. The van der Waals surface area contributed by atoms with E-state index in [1.165, 1.54) is 12.1 Å². The quantitative estimate of drug-likeness (QED) is 0.728. The van der Waals surface area contributed by atoms with E-state index < -0.39 is 21.6 Å². The van der Waals surface area contributed by atoms with Gasteiger partial charge in [-0.1, -0.05) is 6.07 Å². The molecule has 156 valence electrons. The van der Waals surface area contributed by atoms with Crippen LogP contribution in [0, 0.1) is 0 Å². The summed E-state index contributed by atoms with van der Waals surface area (Å²) in [6, 6.07) is 9.77. The van der Waals surface area contributed by atoms with Crippen molar-refractivity contribution < 1.29 is 31.1 Å². The van der Waals surface area contributed by atoms with Crippen LogP contribution in [0.3, 0.4) is 0 Å². The first kappa shape index (κ1) is 21.2. The molecular formula is C20H20F3NO4S. The lowest BCUT2D eigenvalue weighted by Crippen LogP contribution is -2.36. The lowest BCUT2D eigenvalue weighted by Gasteiger charge is -2.29. The van der Waals surface area contributed by atoms with Gasteiger partial charge in [0.25, 0.3) is 0 Å². The normalized spacial score (nSPS) is 14.4. The van der Waals surface area contributed by atoms with Crippen LogP contribution in [0.15, 0.2) is 42.5 Å². The topological polar surface area (TPSA) is 63.7 Å². The zero-order valence-electron chi connectivity index (χ0n) is 15.7. The molecule has 1 aliphatic rings. The van der Waals surface area contributed by atoms with Gasteiger partial charge >= 0.3 is 6.18 Å². The van der Waals surface area contributed by atoms with E-state index in [0.717, 1.165) is 29.5 Å². The van der Waals surface area contributed by atoms with Gasteiger partial charge < -0.3 is 9.64 Å². The number of hydrogen-bond donors (Lipinski definition) is 0. The summed E-state index contributed by atoms with van der Waals surface area (Å²) >= 11 is 0. The third kappa shape index (κ3) is 5.72. The maximum absolute atomic E-state index is 12.7. The second-order valence-electron chi connectivity index (χ2n) is 7.00. The molecule has 0 saturated carbocycles. The predicted octanol–water partition coefficient (Wildman–Crippen LogP) is 3.82. The molecule has 2 aromatic carbocycles. The number of ether oxygens (including phenoxy) is 1. The molecule has 0 aliphatic carbocycles. The Kier molecular flexibility index (Phi) is 5.88. The molecule has 2 aromatic rings. The minimum absolute atomic E-state index is 0.0596.